The Labute approximate surface area is 94.0 Å². The number of benzene rings is 1. The molecule has 1 aromatic rings. The van der Waals surface area contributed by atoms with E-state index in [0.29, 0.717) is 17.3 Å². The number of halogens is 1. The number of rotatable bonds is 2. The van der Waals surface area contributed by atoms with E-state index in [1.807, 2.05) is 0 Å². The molecule has 3 N–H and O–H groups in total. The number of carbonyl (C=O) groups is 1. The van der Waals surface area contributed by atoms with Crippen molar-refractivity contribution in [3.05, 3.63) is 28.8 Å². The van der Waals surface area contributed by atoms with Gasteiger partial charge >= 0.3 is 6.03 Å². The summed E-state index contributed by atoms with van der Waals surface area (Å²) in [6.07, 6.45) is 0. The topological polar surface area (TPSA) is 58.4 Å². The average Bonchev–Trinajstić information content (AvgIpc) is 2.18. The van der Waals surface area contributed by atoms with Crippen LogP contribution in [0.25, 0.3) is 0 Å². The van der Waals surface area contributed by atoms with Gasteiger partial charge in [0.1, 0.15) is 0 Å². The van der Waals surface area contributed by atoms with E-state index in [1.54, 1.807) is 32.3 Å². The summed E-state index contributed by atoms with van der Waals surface area (Å²) in [5.74, 6) is 0. The normalized spacial score (nSPS) is 9.87. The Balaban J connectivity index is 2.80. The van der Waals surface area contributed by atoms with Crippen molar-refractivity contribution in [1.82, 2.24) is 4.90 Å². The van der Waals surface area contributed by atoms with Crippen LogP contribution in [0.2, 0.25) is 5.02 Å². The molecule has 0 fully saturated rings. The number of urea groups is 1. The molecule has 1 aromatic carbocycles. The van der Waals surface area contributed by atoms with Crippen LogP contribution >= 0.6 is 11.6 Å². The highest BCUT2D eigenvalue weighted by Gasteiger charge is 2.05. The fourth-order valence-electron chi connectivity index (χ4n) is 1.03. The third-order valence-electron chi connectivity index (χ3n) is 1.93. The predicted molar refractivity (Wildman–Crippen MR) is 62.0 cm³/mol. The van der Waals surface area contributed by atoms with E-state index in [-0.39, 0.29) is 6.03 Å². The lowest BCUT2D eigenvalue weighted by molar-refractivity contribution is 0.230. The smallest absolute Gasteiger partial charge is 0.321 e. The molecule has 1 rings (SSSR count). The van der Waals surface area contributed by atoms with Gasteiger partial charge in [-0.25, -0.2) is 4.79 Å². The van der Waals surface area contributed by atoms with E-state index in [4.69, 9.17) is 17.3 Å². The first-order chi connectivity index (χ1) is 7.04. The number of nitrogens with zero attached hydrogens (tertiary/aromatic N) is 1. The second-order valence-corrected chi connectivity index (χ2v) is 3.74. The molecule has 15 heavy (non-hydrogen) atoms. The number of carbonyl (C=O) groups excluding carboxylic acids is 1. The number of hydrogen-bond acceptors (Lipinski definition) is 2. The van der Waals surface area contributed by atoms with E-state index in [9.17, 15) is 4.79 Å². The van der Waals surface area contributed by atoms with Crippen LogP contribution in [0.15, 0.2) is 18.2 Å². The minimum atomic E-state index is -0.188. The third kappa shape index (κ3) is 3.11. The molecule has 0 atom stereocenters. The Morgan fingerprint density at radius 2 is 2.20 bits per heavy atom. The lowest BCUT2D eigenvalue weighted by atomic mass is 10.2. The van der Waals surface area contributed by atoms with Gasteiger partial charge in [0.05, 0.1) is 0 Å². The summed E-state index contributed by atoms with van der Waals surface area (Å²) >= 11 is 5.95. The monoisotopic (exact) mass is 227 g/mol. The van der Waals surface area contributed by atoms with Crippen LogP contribution in [-0.2, 0) is 6.54 Å². The van der Waals surface area contributed by atoms with Crippen molar-refractivity contribution in [3.8, 4) is 0 Å². The van der Waals surface area contributed by atoms with E-state index >= 15 is 0 Å². The first kappa shape index (κ1) is 11.8. The van der Waals surface area contributed by atoms with Crippen molar-refractivity contribution in [2.24, 2.45) is 5.73 Å². The van der Waals surface area contributed by atoms with Gasteiger partial charge in [0.2, 0.25) is 0 Å². The van der Waals surface area contributed by atoms with Gasteiger partial charge in [-0.2, -0.15) is 0 Å². The molecule has 2 amide bonds. The van der Waals surface area contributed by atoms with Crippen molar-refractivity contribution in [1.29, 1.82) is 0 Å². The fraction of sp³-hybridized carbons (Fsp3) is 0.300. The lowest BCUT2D eigenvalue weighted by Crippen LogP contribution is -2.27. The Hall–Kier alpha value is -1.26. The number of nitrogens with one attached hydrogen (secondary N) is 1. The van der Waals surface area contributed by atoms with E-state index in [1.165, 1.54) is 4.90 Å². The largest absolute Gasteiger partial charge is 0.331 e. The molecule has 0 unspecified atom stereocenters. The summed E-state index contributed by atoms with van der Waals surface area (Å²) in [6.45, 7) is 0.390. The zero-order valence-corrected chi connectivity index (χ0v) is 9.51. The second-order valence-electron chi connectivity index (χ2n) is 3.33. The molecule has 0 bridgehead atoms. The highest BCUT2D eigenvalue weighted by Crippen LogP contribution is 2.20. The minimum absolute atomic E-state index is 0.188. The maximum atomic E-state index is 11.3. The van der Waals surface area contributed by atoms with Crippen molar-refractivity contribution < 1.29 is 4.79 Å². The summed E-state index contributed by atoms with van der Waals surface area (Å²) in [5.41, 5.74) is 6.99. The number of anilines is 1. The van der Waals surface area contributed by atoms with Crippen LogP contribution in [0.5, 0.6) is 0 Å². The molecule has 0 spiro atoms. The molecule has 4 nitrogen and oxygen atoms in total. The molecule has 5 heteroatoms. The van der Waals surface area contributed by atoms with E-state index in [0.717, 1.165) is 5.56 Å². The number of hydrogen-bond donors (Lipinski definition) is 2. The summed E-state index contributed by atoms with van der Waals surface area (Å²) in [6, 6.07) is 5.07. The summed E-state index contributed by atoms with van der Waals surface area (Å²) in [5, 5.41) is 3.26. The molecule has 0 aromatic heterocycles. The molecule has 0 aliphatic rings. The summed E-state index contributed by atoms with van der Waals surface area (Å²) in [4.78, 5) is 12.8. The Kier molecular flexibility index (Phi) is 3.94. The van der Waals surface area contributed by atoms with Gasteiger partial charge in [-0.1, -0.05) is 17.7 Å². The Morgan fingerprint density at radius 1 is 1.53 bits per heavy atom. The van der Waals surface area contributed by atoms with Crippen molar-refractivity contribution in [2.45, 2.75) is 6.54 Å². The van der Waals surface area contributed by atoms with Gasteiger partial charge < -0.3 is 16.0 Å². The standard InChI is InChI=1S/C10H14ClN3O/c1-14(2)10(15)13-8-4-3-7(6-12)9(11)5-8/h3-5H,6,12H2,1-2H3,(H,13,15). The van der Waals surface area contributed by atoms with Crippen LogP contribution in [0.1, 0.15) is 5.56 Å². The predicted octanol–water partition coefficient (Wildman–Crippen LogP) is 1.89. The Bertz CT molecular complexity index is 366. The van der Waals surface area contributed by atoms with Gasteiger partial charge in [0, 0.05) is 31.4 Å². The highest BCUT2D eigenvalue weighted by atomic mass is 35.5. The van der Waals surface area contributed by atoms with Gasteiger partial charge in [0.25, 0.3) is 0 Å². The maximum absolute atomic E-state index is 11.3. The minimum Gasteiger partial charge on any atom is -0.331 e. The quantitative estimate of drug-likeness (QED) is 0.811. The van der Waals surface area contributed by atoms with Crippen molar-refractivity contribution in [3.63, 3.8) is 0 Å². The molecule has 0 saturated carbocycles. The molecule has 0 saturated heterocycles. The number of nitrogens with two attached hydrogens (primary N) is 1. The van der Waals surface area contributed by atoms with Gasteiger partial charge in [-0.05, 0) is 17.7 Å². The van der Waals surface area contributed by atoms with Crippen LogP contribution < -0.4 is 11.1 Å². The molecule has 82 valence electrons. The first-order valence-electron chi connectivity index (χ1n) is 4.51. The zero-order valence-electron chi connectivity index (χ0n) is 8.75. The highest BCUT2D eigenvalue weighted by molar-refractivity contribution is 6.31. The van der Waals surface area contributed by atoms with Crippen LogP contribution in [0.4, 0.5) is 10.5 Å². The second kappa shape index (κ2) is 5.00. The molecular formula is C10H14ClN3O. The summed E-state index contributed by atoms with van der Waals surface area (Å²) < 4.78 is 0. The van der Waals surface area contributed by atoms with Crippen LogP contribution in [0, 0.1) is 0 Å². The summed E-state index contributed by atoms with van der Waals surface area (Å²) in [7, 11) is 3.34. The van der Waals surface area contributed by atoms with Crippen LogP contribution in [0.3, 0.4) is 0 Å². The van der Waals surface area contributed by atoms with Crippen molar-refractivity contribution in [2.75, 3.05) is 19.4 Å². The SMILES string of the molecule is CN(C)C(=O)Nc1ccc(CN)c(Cl)c1. The van der Waals surface area contributed by atoms with E-state index < -0.39 is 0 Å². The molecule has 0 aliphatic heterocycles. The number of amides is 2. The van der Waals surface area contributed by atoms with E-state index in [2.05, 4.69) is 5.32 Å². The van der Waals surface area contributed by atoms with Crippen LogP contribution in [-0.4, -0.2) is 25.0 Å². The molecule has 0 radical (unpaired) electrons. The van der Waals surface area contributed by atoms with Gasteiger partial charge in [-0.3, -0.25) is 0 Å². The average molecular weight is 228 g/mol. The maximum Gasteiger partial charge on any atom is 0.321 e. The molecule has 0 aliphatic carbocycles. The van der Waals surface area contributed by atoms with Gasteiger partial charge in [0.15, 0.2) is 0 Å². The lowest BCUT2D eigenvalue weighted by Gasteiger charge is -2.12. The Morgan fingerprint density at radius 3 is 2.67 bits per heavy atom. The third-order valence-corrected chi connectivity index (χ3v) is 2.28. The van der Waals surface area contributed by atoms with Gasteiger partial charge in [-0.15, -0.1) is 0 Å². The zero-order chi connectivity index (χ0) is 11.4. The fourth-order valence-corrected chi connectivity index (χ4v) is 1.28. The molecule has 0 heterocycles. The first-order valence-corrected chi connectivity index (χ1v) is 4.89. The van der Waals surface area contributed by atoms with Crippen molar-refractivity contribution >= 4 is 23.3 Å². The molecular weight excluding hydrogens is 214 g/mol.